The SMILES string of the molecule is COc1c([C@@H](O)CC(C)C)ccc2c1C(=O)OCc1cc(C)cc(OC(=O)N(c3ccccc3)c3ccccc3)c1O2. The number of nitrogens with zero attached hydrogens (tertiary/aromatic N) is 1. The van der Waals surface area contributed by atoms with Crippen molar-refractivity contribution in [3.8, 4) is 23.0 Å². The maximum absolute atomic E-state index is 13.8. The number of aryl methyl sites for hydroxylation is 1. The van der Waals surface area contributed by atoms with Crippen LogP contribution in [-0.2, 0) is 11.3 Å². The molecule has 4 aromatic carbocycles. The Labute approximate surface area is 245 Å². The van der Waals surface area contributed by atoms with E-state index >= 15 is 0 Å². The highest BCUT2D eigenvalue weighted by molar-refractivity contribution is 5.98. The number of fused-ring (bicyclic) bond motifs is 2. The second-order valence-electron chi connectivity index (χ2n) is 10.5. The topological polar surface area (TPSA) is 94.5 Å². The highest BCUT2D eigenvalue weighted by atomic mass is 16.6. The van der Waals surface area contributed by atoms with Crippen LogP contribution in [0, 0.1) is 12.8 Å². The number of cyclic esters (lactones) is 1. The zero-order valence-corrected chi connectivity index (χ0v) is 24.0. The number of aliphatic hydroxyl groups is 1. The molecule has 0 radical (unpaired) electrons. The van der Waals surface area contributed by atoms with Crippen LogP contribution in [0.25, 0.3) is 0 Å². The largest absolute Gasteiger partial charge is 0.495 e. The Hall–Kier alpha value is -4.82. The fourth-order valence-electron chi connectivity index (χ4n) is 5.01. The van der Waals surface area contributed by atoms with Gasteiger partial charge in [-0.15, -0.1) is 0 Å². The van der Waals surface area contributed by atoms with Gasteiger partial charge in [0, 0.05) is 11.1 Å². The minimum absolute atomic E-state index is 0.0523. The molecule has 42 heavy (non-hydrogen) atoms. The summed E-state index contributed by atoms with van der Waals surface area (Å²) < 4.78 is 23.6. The molecule has 1 N–H and O–H groups in total. The fourth-order valence-corrected chi connectivity index (χ4v) is 5.01. The maximum atomic E-state index is 13.8. The molecule has 0 spiro atoms. The summed E-state index contributed by atoms with van der Waals surface area (Å²) in [6.45, 7) is 5.73. The molecular formula is C34H33NO7. The van der Waals surface area contributed by atoms with Crippen LogP contribution < -0.4 is 19.1 Å². The van der Waals surface area contributed by atoms with Crippen molar-refractivity contribution in [2.45, 2.75) is 39.9 Å². The number of hydrogen-bond donors (Lipinski definition) is 1. The molecule has 0 unspecified atom stereocenters. The van der Waals surface area contributed by atoms with E-state index in [1.807, 2.05) is 87.5 Å². The number of amides is 1. The van der Waals surface area contributed by atoms with Gasteiger partial charge in [-0.05, 0) is 73.4 Å². The average Bonchev–Trinajstić information content (AvgIpc) is 2.97. The minimum Gasteiger partial charge on any atom is -0.495 e. The van der Waals surface area contributed by atoms with E-state index in [0.29, 0.717) is 28.9 Å². The minimum atomic E-state index is -0.850. The van der Waals surface area contributed by atoms with E-state index < -0.39 is 18.2 Å². The van der Waals surface area contributed by atoms with Gasteiger partial charge in [0.05, 0.1) is 24.6 Å². The van der Waals surface area contributed by atoms with Crippen molar-refractivity contribution >= 4 is 23.4 Å². The first kappa shape index (κ1) is 28.7. The van der Waals surface area contributed by atoms with Gasteiger partial charge in [-0.3, -0.25) is 0 Å². The highest BCUT2D eigenvalue weighted by Gasteiger charge is 2.31. The lowest BCUT2D eigenvalue weighted by Crippen LogP contribution is -2.29. The van der Waals surface area contributed by atoms with Crippen molar-refractivity contribution in [2.24, 2.45) is 5.92 Å². The number of hydrogen-bond acceptors (Lipinski definition) is 7. The molecule has 1 aliphatic heterocycles. The van der Waals surface area contributed by atoms with Crippen molar-refractivity contribution in [1.82, 2.24) is 0 Å². The van der Waals surface area contributed by atoms with E-state index in [1.165, 1.54) is 12.0 Å². The molecular weight excluding hydrogens is 534 g/mol. The second-order valence-corrected chi connectivity index (χ2v) is 10.5. The first-order valence-electron chi connectivity index (χ1n) is 13.8. The number of carbonyl (C=O) groups is 2. The van der Waals surface area contributed by atoms with Crippen LogP contribution in [0.4, 0.5) is 16.2 Å². The summed E-state index contributed by atoms with van der Waals surface area (Å²) >= 11 is 0. The van der Waals surface area contributed by atoms with E-state index in [9.17, 15) is 14.7 Å². The van der Waals surface area contributed by atoms with Crippen molar-refractivity contribution < 1.29 is 33.6 Å². The number of carbonyl (C=O) groups excluding carboxylic acids is 2. The lowest BCUT2D eigenvalue weighted by atomic mass is 9.96. The number of rotatable bonds is 7. The quantitative estimate of drug-likeness (QED) is 0.227. The lowest BCUT2D eigenvalue weighted by Gasteiger charge is -2.26. The number of methoxy groups -OCH3 is 1. The van der Waals surface area contributed by atoms with Crippen LogP contribution in [0.3, 0.4) is 0 Å². The van der Waals surface area contributed by atoms with Gasteiger partial charge in [-0.2, -0.15) is 0 Å². The summed E-state index contributed by atoms with van der Waals surface area (Å²) in [4.78, 5) is 28.5. The maximum Gasteiger partial charge on any atom is 0.424 e. The summed E-state index contributed by atoms with van der Waals surface area (Å²) in [6.07, 6.45) is -1.02. The molecule has 0 aromatic heterocycles. The summed E-state index contributed by atoms with van der Waals surface area (Å²) in [6, 6.07) is 25.2. The van der Waals surface area contributed by atoms with E-state index in [1.54, 1.807) is 18.2 Å². The van der Waals surface area contributed by atoms with Gasteiger partial charge in [0.1, 0.15) is 23.7 Å². The molecule has 0 aliphatic carbocycles. The van der Waals surface area contributed by atoms with Crippen LogP contribution in [0.15, 0.2) is 84.9 Å². The first-order chi connectivity index (χ1) is 20.3. The van der Waals surface area contributed by atoms with Gasteiger partial charge in [-0.25, -0.2) is 14.5 Å². The Morgan fingerprint density at radius 2 is 1.62 bits per heavy atom. The molecule has 8 nitrogen and oxygen atoms in total. The zero-order valence-electron chi connectivity index (χ0n) is 24.0. The molecule has 216 valence electrons. The molecule has 1 heterocycles. The van der Waals surface area contributed by atoms with Gasteiger partial charge in [0.2, 0.25) is 0 Å². The van der Waals surface area contributed by atoms with Gasteiger partial charge < -0.3 is 24.1 Å². The van der Waals surface area contributed by atoms with E-state index in [4.69, 9.17) is 18.9 Å². The van der Waals surface area contributed by atoms with Gasteiger partial charge in [0.15, 0.2) is 11.5 Å². The fraction of sp³-hybridized carbons (Fsp3) is 0.235. The van der Waals surface area contributed by atoms with E-state index in [0.717, 1.165) is 5.56 Å². The van der Waals surface area contributed by atoms with Gasteiger partial charge in [-0.1, -0.05) is 50.2 Å². The molecule has 1 amide bonds. The number of ether oxygens (including phenoxy) is 4. The molecule has 1 aliphatic rings. The smallest absolute Gasteiger partial charge is 0.424 e. The lowest BCUT2D eigenvalue weighted by molar-refractivity contribution is 0.0453. The monoisotopic (exact) mass is 567 g/mol. The highest BCUT2D eigenvalue weighted by Crippen LogP contribution is 2.45. The predicted octanol–water partition coefficient (Wildman–Crippen LogP) is 7.88. The van der Waals surface area contributed by atoms with Crippen LogP contribution in [0.1, 0.15) is 53.4 Å². The number of benzene rings is 4. The molecule has 0 saturated carbocycles. The second kappa shape index (κ2) is 12.4. The van der Waals surface area contributed by atoms with Crippen LogP contribution >= 0.6 is 0 Å². The summed E-state index contributed by atoms with van der Waals surface area (Å²) in [5.74, 6) is 0.306. The number of esters is 1. The van der Waals surface area contributed by atoms with Crippen molar-refractivity contribution in [1.29, 1.82) is 0 Å². The molecule has 0 fully saturated rings. The summed E-state index contributed by atoms with van der Waals surface area (Å²) in [5, 5.41) is 10.9. The molecule has 1 atom stereocenters. The average molecular weight is 568 g/mol. The molecule has 8 heteroatoms. The van der Waals surface area contributed by atoms with Crippen LogP contribution in [-0.4, -0.2) is 24.3 Å². The van der Waals surface area contributed by atoms with E-state index in [-0.39, 0.29) is 41.1 Å². The Kier molecular flexibility index (Phi) is 8.45. The van der Waals surface area contributed by atoms with Crippen molar-refractivity contribution in [3.63, 3.8) is 0 Å². The van der Waals surface area contributed by atoms with Crippen LogP contribution in [0.5, 0.6) is 23.0 Å². The molecule has 0 bridgehead atoms. The predicted molar refractivity (Wildman–Crippen MR) is 159 cm³/mol. The molecule has 5 rings (SSSR count). The van der Waals surface area contributed by atoms with Crippen molar-refractivity contribution in [3.05, 3.63) is 107 Å². The van der Waals surface area contributed by atoms with Gasteiger partial charge in [0.25, 0.3) is 0 Å². The number of anilines is 2. The standard InChI is InChI=1S/C34H33NO7/c1-21(2)17-27(36)26-15-16-28-30(32(26)39-4)33(37)40-20-23-18-22(3)19-29(31(23)41-28)42-34(38)35(24-11-7-5-8-12-24)25-13-9-6-10-14-25/h5-16,18-19,21,27,36H,17,20H2,1-4H3/t27-/m0/s1. The Bertz CT molecular complexity index is 1550. The Balaban J connectivity index is 1.56. The number of aliphatic hydroxyl groups excluding tert-OH is 1. The van der Waals surface area contributed by atoms with Crippen LogP contribution in [0.2, 0.25) is 0 Å². The van der Waals surface area contributed by atoms with Gasteiger partial charge >= 0.3 is 12.1 Å². The summed E-state index contributed by atoms with van der Waals surface area (Å²) in [7, 11) is 1.43. The zero-order chi connectivity index (χ0) is 29.8. The molecule has 0 saturated heterocycles. The van der Waals surface area contributed by atoms with Crippen molar-refractivity contribution in [2.75, 3.05) is 12.0 Å². The summed E-state index contributed by atoms with van der Waals surface area (Å²) in [5.41, 5.74) is 3.08. The normalized spacial score (nSPS) is 13.0. The molecule has 4 aromatic rings. The third-order valence-corrected chi connectivity index (χ3v) is 6.87. The Morgan fingerprint density at radius 3 is 2.21 bits per heavy atom. The first-order valence-corrected chi connectivity index (χ1v) is 13.8. The third kappa shape index (κ3) is 5.94. The Morgan fingerprint density at radius 1 is 0.976 bits per heavy atom. The number of para-hydroxylation sites is 2. The third-order valence-electron chi connectivity index (χ3n) is 6.87. The van der Waals surface area contributed by atoms with E-state index in [2.05, 4.69) is 0 Å².